The van der Waals surface area contributed by atoms with Crippen molar-refractivity contribution in [3.63, 3.8) is 0 Å². The quantitative estimate of drug-likeness (QED) is 0.218. The Kier molecular flexibility index (Phi) is 7.22. The van der Waals surface area contributed by atoms with Gasteiger partial charge < -0.3 is 5.32 Å². The predicted molar refractivity (Wildman–Crippen MR) is 138 cm³/mol. The SMILES string of the molecule is Cc1ccc(-n2c(SCC(=O)Nc3c(Cl)cc(Cl)cc3Cl)nc3ccccc3c2=O)cc1Cl. The number of aryl methyl sites for hydroxylation is 1. The minimum Gasteiger partial charge on any atom is -0.323 e. The van der Waals surface area contributed by atoms with E-state index in [2.05, 4.69) is 10.3 Å². The van der Waals surface area contributed by atoms with Crippen molar-refractivity contribution in [3.05, 3.63) is 90.6 Å². The molecule has 1 N–H and O–H groups in total. The number of carbonyl (C=O) groups excluding carboxylic acids is 1. The van der Waals surface area contributed by atoms with Gasteiger partial charge in [0.25, 0.3) is 5.56 Å². The van der Waals surface area contributed by atoms with Gasteiger partial charge in [-0.3, -0.25) is 14.2 Å². The molecule has 0 spiro atoms. The molecule has 0 aliphatic heterocycles. The average Bonchev–Trinajstić information content (AvgIpc) is 2.77. The second kappa shape index (κ2) is 9.95. The summed E-state index contributed by atoms with van der Waals surface area (Å²) < 4.78 is 1.45. The summed E-state index contributed by atoms with van der Waals surface area (Å²) in [5.74, 6) is -0.415. The van der Waals surface area contributed by atoms with Crippen molar-refractivity contribution in [2.45, 2.75) is 12.1 Å². The smallest absolute Gasteiger partial charge is 0.266 e. The number of amides is 1. The van der Waals surface area contributed by atoms with Crippen molar-refractivity contribution in [1.29, 1.82) is 0 Å². The van der Waals surface area contributed by atoms with Crippen LogP contribution in [-0.4, -0.2) is 21.2 Å². The van der Waals surface area contributed by atoms with Crippen LogP contribution in [0.5, 0.6) is 0 Å². The highest BCUT2D eigenvalue weighted by molar-refractivity contribution is 7.99. The van der Waals surface area contributed by atoms with Crippen molar-refractivity contribution >= 4 is 80.7 Å². The van der Waals surface area contributed by atoms with Gasteiger partial charge in [-0.15, -0.1) is 0 Å². The molecule has 0 bridgehead atoms. The Morgan fingerprint density at radius 1 is 1.00 bits per heavy atom. The third kappa shape index (κ3) is 5.15. The van der Waals surface area contributed by atoms with Crippen LogP contribution in [-0.2, 0) is 4.79 Å². The molecule has 5 nitrogen and oxygen atoms in total. The summed E-state index contributed by atoms with van der Waals surface area (Å²) in [6.07, 6.45) is 0. The first-order valence-corrected chi connectivity index (χ1v) is 12.1. The summed E-state index contributed by atoms with van der Waals surface area (Å²) in [6, 6.07) is 15.3. The second-order valence-corrected chi connectivity index (χ2v) is 9.67. The highest BCUT2D eigenvalue weighted by Gasteiger charge is 2.17. The molecule has 0 aliphatic rings. The fourth-order valence-electron chi connectivity index (χ4n) is 3.12. The Hall–Kier alpha value is -2.22. The molecule has 0 aliphatic carbocycles. The Morgan fingerprint density at radius 2 is 1.70 bits per heavy atom. The molecule has 0 saturated carbocycles. The molecule has 33 heavy (non-hydrogen) atoms. The van der Waals surface area contributed by atoms with E-state index in [9.17, 15) is 9.59 Å². The van der Waals surface area contributed by atoms with Crippen LogP contribution in [0.2, 0.25) is 20.1 Å². The fourth-order valence-corrected chi connectivity index (χ4v) is 5.02. The van der Waals surface area contributed by atoms with Crippen LogP contribution in [0, 0.1) is 6.92 Å². The Morgan fingerprint density at radius 3 is 2.39 bits per heavy atom. The van der Waals surface area contributed by atoms with E-state index >= 15 is 0 Å². The topological polar surface area (TPSA) is 64.0 Å². The number of hydrogen-bond acceptors (Lipinski definition) is 4. The highest BCUT2D eigenvalue weighted by atomic mass is 35.5. The van der Waals surface area contributed by atoms with Crippen LogP contribution in [0.1, 0.15) is 5.56 Å². The van der Waals surface area contributed by atoms with Gasteiger partial charge in [-0.1, -0.05) is 76.4 Å². The molecule has 0 saturated heterocycles. The zero-order valence-electron chi connectivity index (χ0n) is 17.0. The first-order valence-electron chi connectivity index (χ1n) is 9.60. The molecular weight excluding hydrogens is 524 g/mol. The molecule has 1 amide bonds. The molecule has 1 heterocycles. The van der Waals surface area contributed by atoms with Gasteiger partial charge in [-0.05, 0) is 48.9 Å². The Bertz CT molecular complexity index is 1430. The number of fused-ring (bicyclic) bond motifs is 1. The van der Waals surface area contributed by atoms with Crippen LogP contribution in [0.25, 0.3) is 16.6 Å². The van der Waals surface area contributed by atoms with Crippen molar-refractivity contribution < 1.29 is 4.79 Å². The maximum absolute atomic E-state index is 13.3. The number of rotatable bonds is 5. The number of halogens is 4. The number of carbonyl (C=O) groups is 1. The van der Waals surface area contributed by atoms with Crippen LogP contribution < -0.4 is 10.9 Å². The Balaban J connectivity index is 1.69. The maximum atomic E-state index is 13.3. The molecule has 0 fully saturated rings. The fraction of sp³-hybridized carbons (Fsp3) is 0.0870. The summed E-state index contributed by atoms with van der Waals surface area (Å²) in [7, 11) is 0. The van der Waals surface area contributed by atoms with Gasteiger partial charge in [0, 0.05) is 10.0 Å². The molecule has 0 unspecified atom stereocenters. The van der Waals surface area contributed by atoms with E-state index in [1.165, 1.54) is 16.7 Å². The maximum Gasteiger partial charge on any atom is 0.266 e. The predicted octanol–water partition coefficient (Wildman–Crippen LogP) is 7.04. The second-order valence-electron chi connectivity index (χ2n) is 7.07. The zero-order chi connectivity index (χ0) is 23.7. The van der Waals surface area contributed by atoms with Gasteiger partial charge in [0.15, 0.2) is 5.16 Å². The largest absolute Gasteiger partial charge is 0.323 e. The van der Waals surface area contributed by atoms with Gasteiger partial charge >= 0.3 is 0 Å². The monoisotopic (exact) mass is 537 g/mol. The van der Waals surface area contributed by atoms with Gasteiger partial charge in [0.2, 0.25) is 5.91 Å². The summed E-state index contributed by atoms with van der Waals surface area (Å²) in [5, 5.41) is 4.82. The highest BCUT2D eigenvalue weighted by Crippen LogP contribution is 2.34. The molecule has 0 radical (unpaired) electrons. The number of aromatic nitrogens is 2. The number of anilines is 1. The molecule has 3 aromatic carbocycles. The lowest BCUT2D eigenvalue weighted by Crippen LogP contribution is -2.23. The number of nitrogens with one attached hydrogen (secondary N) is 1. The molecular formula is C23H15Cl4N3O2S. The zero-order valence-corrected chi connectivity index (χ0v) is 20.9. The Labute approximate surface area is 213 Å². The van der Waals surface area contributed by atoms with Crippen LogP contribution in [0.3, 0.4) is 0 Å². The number of para-hydroxylation sites is 1. The molecule has 4 aromatic rings. The van der Waals surface area contributed by atoms with Crippen LogP contribution in [0.4, 0.5) is 5.69 Å². The van der Waals surface area contributed by atoms with Gasteiger partial charge in [0.05, 0.1) is 38.1 Å². The van der Waals surface area contributed by atoms with Gasteiger partial charge in [0.1, 0.15) is 0 Å². The number of hydrogen-bond donors (Lipinski definition) is 1. The average molecular weight is 539 g/mol. The summed E-state index contributed by atoms with van der Waals surface area (Å²) in [5.41, 5.74) is 1.98. The van der Waals surface area contributed by atoms with Crippen molar-refractivity contribution in [3.8, 4) is 5.69 Å². The van der Waals surface area contributed by atoms with Crippen molar-refractivity contribution in [2.75, 3.05) is 11.1 Å². The van der Waals surface area contributed by atoms with E-state index in [0.717, 1.165) is 17.3 Å². The number of nitrogens with zero attached hydrogens (tertiary/aromatic N) is 2. The lowest BCUT2D eigenvalue weighted by Gasteiger charge is -2.14. The van der Waals surface area contributed by atoms with E-state index in [-0.39, 0.29) is 33.0 Å². The van der Waals surface area contributed by atoms with E-state index in [0.29, 0.717) is 31.8 Å². The minimum atomic E-state index is -0.373. The summed E-state index contributed by atoms with van der Waals surface area (Å²) in [6.45, 7) is 1.88. The van der Waals surface area contributed by atoms with Gasteiger partial charge in [-0.2, -0.15) is 0 Å². The summed E-state index contributed by atoms with van der Waals surface area (Å²) >= 11 is 25.6. The van der Waals surface area contributed by atoms with Gasteiger partial charge in [-0.25, -0.2) is 4.98 Å². The van der Waals surface area contributed by atoms with Crippen LogP contribution in [0.15, 0.2) is 64.5 Å². The number of benzene rings is 3. The van der Waals surface area contributed by atoms with Crippen LogP contribution >= 0.6 is 58.2 Å². The van der Waals surface area contributed by atoms with E-state index in [1.807, 2.05) is 13.0 Å². The molecule has 0 atom stereocenters. The lowest BCUT2D eigenvalue weighted by molar-refractivity contribution is -0.113. The molecule has 4 rings (SSSR count). The molecule has 10 heteroatoms. The standard InChI is InChI=1S/C23H15Cl4N3O2S/c1-12-6-7-14(10-16(12)25)30-22(32)15-4-2-3-5-19(15)28-23(30)33-11-20(31)29-21-17(26)8-13(24)9-18(21)27/h2-10H,11H2,1H3,(H,29,31). The third-order valence-corrected chi connectivity index (χ3v) is 6.92. The number of thioether (sulfide) groups is 1. The van der Waals surface area contributed by atoms with Crippen molar-refractivity contribution in [2.24, 2.45) is 0 Å². The van der Waals surface area contributed by atoms with E-state index < -0.39 is 0 Å². The minimum absolute atomic E-state index is 0.0420. The first kappa shape index (κ1) is 23.9. The third-order valence-electron chi connectivity index (χ3n) is 4.76. The molecule has 1 aromatic heterocycles. The summed E-state index contributed by atoms with van der Waals surface area (Å²) in [4.78, 5) is 30.6. The van der Waals surface area contributed by atoms with E-state index in [4.69, 9.17) is 46.4 Å². The normalized spacial score (nSPS) is 11.1. The lowest BCUT2D eigenvalue weighted by atomic mass is 10.2. The van der Waals surface area contributed by atoms with Crippen molar-refractivity contribution in [1.82, 2.24) is 9.55 Å². The first-order chi connectivity index (χ1) is 15.7. The van der Waals surface area contributed by atoms with E-state index in [1.54, 1.807) is 36.4 Å². The molecule has 168 valence electrons.